The number of hydrogen-bond donors (Lipinski definition) is 1. The summed E-state index contributed by atoms with van der Waals surface area (Å²) in [5, 5.41) is 2.74. The Bertz CT molecular complexity index is 1030. The van der Waals surface area contributed by atoms with Crippen molar-refractivity contribution in [2.75, 3.05) is 45.3 Å². The normalized spacial score (nSPS) is 14.8. The van der Waals surface area contributed by atoms with Crippen molar-refractivity contribution in [3.8, 4) is 11.5 Å². The van der Waals surface area contributed by atoms with Crippen molar-refractivity contribution >= 4 is 21.6 Å². The topological polar surface area (TPSA) is 94.2 Å². The Kier molecular flexibility index (Phi) is 7.53. The Balaban J connectivity index is 1.66. The second-order valence-corrected chi connectivity index (χ2v) is 9.20. The number of benzene rings is 2. The Morgan fingerprint density at radius 1 is 1.10 bits per heavy atom. The van der Waals surface area contributed by atoms with Crippen molar-refractivity contribution in [3.63, 3.8) is 0 Å². The van der Waals surface area contributed by atoms with Crippen molar-refractivity contribution in [2.45, 2.75) is 25.2 Å². The van der Waals surface area contributed by atoms with Crippen LogP contribution in [0.25, 0.3) is 0 Å². The number of anilines is 1. The summed E-state index contributed by atoms with van der Waals surface area (Å²) in [6, 6.07) is 10.5. The molecule has 0 unspecified atom stereocenters. The summed E-state index contributed by atoms with van der Waals surface area (Å²) >= 11 is 0. The van der Waals surface area contributed by atoms with E-state index in [1.807, 2.05) is 32.0 Å². The van der Waals surface area contributed by atoms with Crippen molar-refractivity contribution in [1.29, 1.82) is 0 Å². The first kappa shape index (κ1) is 23.1. The second-order valence-electron chi connectivity index (χ2n) is 7.30. The molecule has 3 rings (SSSR count). The molecule has 0 bridgehead atoms. The number of aryl methyl sites for hydroxylation is 2. The molecule has 168 valence electrons. The quantitative estimate of drug-likeness (QED) is 0.667. The van der Waals surface area contributed by atoms with Crippen LogP contribution in [0, 0.1) is 13.8 Å². The molecule has 1 aliphatic heterocycles. The van der Waals surface area contributed by atoms with Crippen LogP contribution in [0.5, 0.6) is 11.5 Å². The highest BCUT2D eigenvalue weighted by molar-refractivity contribution is 7.89. The minimum Gasteiger partial charge on any atom is -0.495 e. The van der Waals surface area contributed by atoms with E-state index in [0.717, 1.165) is 16.9 Å². The van der Waals surface area contributed by atoms with Gasteiger partial charge in [-0.25, -0.2) is 8.42 Å². The average molecular weight is 449 g/mol. The van der Waals surface area contributed by atoms with Gasteiger partial charge in [-0.15, -0.1) is 0 Å². The first-order valence-corrected chi connectivity index (χ1v) is 11.5. The van der Waals surface area contributed by atoms with Gasteiger partial charge in [0.1, 0.15) is 16.4 Å². The molecule has 0 aliphatic carbocycles. The first-order valence-electron chi connectivity index (χ1n) is 10.1. The van der Waals surface area contributed by atoms with Crippen LogP contribution in [0.4, 0.5) is 5.69 Å². The van der Waals surface area contributed by atoms with Gasteiger partial charge in [-0.05, 0) is 49.2 Å². The lowest BCUT2D eigenvalue weighted by molar-refractivity contribution is -0.116. The Labute approximate surface area is 183 Å². The molecule has 0 atom stereocenters. The summed E-state index contributed by atoms with van der Waals surface area (Å²) in [5.41, 5.74) is 2.46. The predicted octanol–water partition coefficient (Wildman–Crippen LogP) is 2.74. The molecule has 31 heavy (non-hydrogen) atoms. The number of carbonyl (C=O) groups is 1. The molecule has 0 radical (unpaired) electrons. The lowest BCUT2D eigenvalue weighted by Crippen LogP contribution is -2.40. The number of rotatable bonds is 8. The highest BCUT2D eigenvalue weighted by Crippen LogP contribution is 2.30. The fourth-order valence-electron chi connectivity index (χ4n) is 3.22. The molecule has 0 aromatic heterocycles. The average Bonchev–Trinajstić information content (AvgIpc) is 2.76. The fraction of sp³-hybridized carbons (Fsp3) is 0.409. The van der Waals surface area contributed by atoms with Crippen LogP contribution >= 0.6 is 0 Å². The molecule has 1 aliphatic rings. The molecule has 0 saturated carbocycles. The monoisotopic (exact) mass is 448 g/mol. The SMILES string of the molecule is COc1ccc(NC(=O)CCOc2cc(C)ccc2C)cc1S(=O)(=O)N1CCOCC1. The van der Waals surface area contributed by atoms with Crippen molar-refractivity contribution in [2.24, 2.45) is 0 Å². The molecule has 1 fully saturated rings. The molecule has 2 aromatic carbocycles. The standard InChI is InChI=1S/C22H28N2O6S/c1-16-4-5-17(2)20(14-16)30-11-8-22(25)23-18-6-7-19(28-3)21(15-18)31(26,27)24-9-12-29-13-10-24/h4-7,14-15H,8-13H2,1-3H3,(H,23,25). The van der Waals surface area contributed by atoms with Gasteiger partial charge < -0.3 is 19.5 Å². The van der Waals surface area contributed by atoms with Crippen LogP contribution in [0.15, 0.2) is 41.3 Å². The van der Waals surface area contributed by atoms with E-state index >= 15 is 0 Å². The molecular formula is C22H28N2O6S. The van der Waals surface area contributed by atoms with Gasteiger partial charge in [0.2, 0.25) is 15.9 Å². The summed E-state index contributed by atoms with van der Waals surface area (Å²) in [6.45, 7) is 5.38. The molecule has 1 heterocycles. The minimum atomic E-state index is -3.77. The molecular weight excluding hydrogens is 420 g/mol. The van der Waals surface area contributed by atoms with E-state index in [0.29, 0.717) is 18.9 Å². The highest BCUT2D eigenvalue weighted by atomic mass is 32.2. The van der Waals surface area contributed by atoms with Crippen molar-refractivity contribution < 1.29 is 27.4 Å². The number of ether oxygens (including phenoxy) is 3. The minimum absolute atomic E-state index is 0.0151. The second kappa shape index (κ2) is 10.1. The Hall–Kier alpha value is -2.62. The Morgan fingerprint density at radius 3 is 2.55 bits per heavy atom. The number of morpholine rings is 1. The zero-order valence-corrected chi connectivity index (χ0v) is 18.8. The third-order valence-electron chi connectivity index (χ3n) is 4.97. The third-order valence-corrected chi connectivity index (χ3v) is 6.89. The number of nitrogens with zero attached hydrogens (tertiary/aromatic N) is 1. The first-order chi connectivity index (χ1) is 14.8. The summed E-state index contributed by atoms with van der Waals surface area (Å²) in [7, 11) is -2.36. The maximum absolute atomic E-state index is 13.1. The molecule has 2 aromatic rings. The van der Waals surface area contributed by atoms with E-state index in [4.69, 9.17) is 14.2 Å². The third kappa shape index (κ3) is 5.75. The lowest BCUT2D eigenvalue weighted by atomic mass is 10.1. The van der Waals surface area contributed by atoms with Gasteiger partial charge >= 0.3 is 0 Å². The van der Waals surface area contributed by atoms with Gasteiger partial charge in [-0.2, -0.15) is 4.31 Å². The van der Waals surface area contributed by atoms with Crippen LogP contribution in [-0.2, 0) is 19.6 Å². The fourth-order valence-corrected chi connectivity index (χ4v) is 4.81. The van der Waals surface area contributed by atoms with Gasteiger partial charge in [-0.3, -0.25) is 4.79 Å². The van der Waals surface area contributed by atoms with Crippen LogP contribution in [0.2, 0.25) is 0 Å². The summed E-state index contributed by atoms with van der Waals surface area (Å²) in [4.78, 5) is 12.4. The summed E-state index contributed by atoms with van der Waals surface area (Å²) in [5.74, 6) is 0.698. The van der Waals surface area contributed by atoms with Crippen molar-refractivity contribution in [1.82, 2.24) is 4.31 Å². The number of methoxy groups -OCH3 is 1. The predicted molar refractivity (Wildman–Crippen MR) is 117 cm³/mol. The van der Waals surface area contributed by atoms with Gasteiger partial charge in [0.15, 0.2) is 0 Å². The van der Waals surface area contributed by atoms with Crippen LogP contribution in [0.3, 0.4) is 0 Å². The van der Waals surface area contributed by atoms with E-state index in [-0.39, 0.29) is 42.7 Å². The molecule has 1 N–H and O–H groups in total. The van der Waals surface area contributed by atoms with E-state index in [1.165, 1.54) is 23.5 Å². The molecule has 8 nitrogen and oxygen atoms in total. The number of carbonyl (C=O) groups excluding carboxylic acids is 1. The van der Waals surface area contributed by atoms with Crippen LogP contribution in [0.1, 0.15) is 17.5 Å². The number of hydrogen-bond acceptors (Lipinski definition) is 6. The van der Waals surface area contributed by atoms with Gasteiger partial charge in [0, 0.05) is 18.8 Å². The van der Waals surface area contributed by atoms with Gasteiger partial charge in [-0.1, -0.05) is 12.1 Å². The molecule has 1 amide bonds. The zero-order valence-electron chi connectivity index (χ0n) is 18.0. The maximum Gasteiger partial charge on any atom is 0.246 e. The lowest BCUT2D eigenvalue weighted by Gasteiger charge is -2.26. The number of amides is 1. The van der Waals surface area contributed by atoms with Gasteiger partial charge in [0.25, 0.3) is 0 Å². The smallest absolute Gasteiger partial charge is 0.246 e. The van der Waals surface area contributed by atoms with Gasteiger partial charge in [0.05, 0.1) is 33.4 Å². The number of sulfonamides is 1. The molecule has 0 spiro atoms. The van der Waals surface area contributed by atoms with Crippen LogP contribution in [-0.4, -0.2) is 58.7 Å². The molecule has 1 saturated heterocycles. The van der Waals surface area contributed by atoms with E-state index < -0.39 is 10.0 Å². The maximum atomic E-state index is 13.1. The Morgan fingerprint density at radius 2 is 1.84 bits per heavy atom. The summed E-state index contributed by atoms with van der Waals surface area (Å²) < 4.78 is 43.7. The van der Waals surface area contributed by atoms with Crippen molar-refractivity contribution in [3.05, 3.63) is 47.5 Å². The number of nitrogens with one attached hydrogen (secondary N) is 1. The van der Waals surface area contributed by atoms with E-state index in [2.05, 4.69) is 5.32 Å². The molecule has 9 heteroatoms. The largest absolute Gasteiger partial charge is 0.495 e. The summed E-state index contributed by atoms with van der Waals surface area (Å²) in [6.07, 6.45) is 0.130. The van der Waals surface area contributed by atoms with Crippen LogP contribution < -0.4 is 14.8 Å². The van der Waals surface area contributed by atoms with E-state index in [1.54, 1.807) is 6.07 Å². The highest BCUT2D eigenvalue weighted by Gasteiger charge is 2.29. The van der Waals surface area contributed by atoms with E-state index in [9.17, 15) is 13.2 Å². The zero-order chi connectivity index (χ0) is 22.4.